The Morgan fingerprint density at radius 1 is 1.12 bits per heavy atom. The Morgan fingerprint density at radius 2 is 1.69 bits per heavy atom. The van der Waals surface area contributed by atoms with Crippen LogP contribution >= 0.6 is 0 Å². The lowest BCUT2D eigenvalue weighted by molar-refractivity contribution is -0.118. The summed E-state index contributed by atoms with van der Waals surface area (Å²) >= 11 is 0. The van der Waals surface area contributed by atoms with Gasteiger partial charge >= 0.3 is 0 Å². The average molecular weight is 381 g/mol. The van der Waals surface area contributed by atoms with Gasteiger partial charge in [-0.05, 0) is 37.1 Å². The fourth-order valence-electron chi connectivity index (χ4n) is 2.87. The molecule has 1 saturated heterocycles. The highest BCUT2D eigenvalue weighted by atomic mass is 32.2. The largest absolute Gasteiger partial charge is 0.358 e. The zero-order valence-electron chi connectivity index (χ0n) is 14.8. The Balaban J connectivity index is 1.95. The van der Waals surface area contributed by atoms with E-state index in [0.717, 1.165) is 0 Å². The number of piperidine rings is 1. The molecule has 9 heteroatoms. The molecule has 8 nitrogen and oxygen atoms in total. The number of rotatable bonds is 5. The summed E-state index contributed by atoms with van der Waals surface area (Å²) in [7, 11) is -2.12. The zero-order valence-corrected chi connectivity index (χ0v) is 15.6. The molecule has 0 radical (unpaired) electrons. The maximum Gasteiger partial charge on any atom is 0.253 e. The van der Waals surface area contributed by atoms with E-state index in [0.29, 0.717) is 37.2 Å². The fourth-order valence-corrected chi connectivity index (χ4v) is 4.55. The lowest BCUT2D eigenvalue weighted by Crippen LogP contribution is -2.44. The first kappa shape index (κ1) is 19.9. The Morgan fingerprint density at radius 3 is 2.19 bits per heavy atom. The monoisotopic (exact) mass is 381 g/mol. The molecular weight excluding hydrogens is 358 g/mol. The highest BCUT2D eigenvalue weighted by Crippen LogP contribution is 2.21. The van der Waals surface area contributed by atoms with Crippen LogP contribution < -0.4 is 10.6 Å². The number of carbonyl (C=O) groups is 3. The van der Waals surface area contributed by atoms with Gasteiger partial charge in [0.2, 0.25) is 11.8 Å². The van der Waals surface area contributed by atoms with Crippen molar-refractivity contribution in [1.29, 1.82) is 0 Å². The van der Waals surface area contributed by atoms with Crippen LogP contribution in [-0.2, 0) is 19.4 Å². The van der Waals surface area contributed by atoms with Crippen LogP contribution in [0.15, 0.2) is 24.3 Å². The van der Waals surface area contributed by atoms with Gasteiger partial charge in [0.1, 0.15) is 5.75 Å². The third kappa shape index (κ3) is 5.04. The summed E-state index contributed by atoms with van der Waals surface area (Å²) in [6.45, 7) is 2.05. The maximum atomic E-state index is 12.5. The van der Waals surface area contributed by atoms with Gasteiger partial charge < -0.3 is 15.5 Å². The van der Waals surface area contributed by atoms with Crippen molar-refractivity contribution in [2.75, 3.05) is 31.2 Å². The minimum Gasteiger partial charge on any atom is -0.358 e. The quantitative estimate of drug-likeness (QED) is 0.767. The normalized spacial score (nSPS) is 15.4. The van der Waals surface area contributed by atoms with E-state index in [4.69, 9.17) is 0 Å². The third-order valence-electron chi connectivity index (χ3n) is 4.30. The molecule has 0 saturated carbocycles. The number of amides is 3. The number of benzene rings is 1. The van der Waals surface area contributed by atoms with Crippen molar-refractivity contribution in [1.82, 2.24) is 10.2 Å². The van der Waals surface area contributed by atoms with Gasteiger partial charge in [0.25, 0.3) is 5.91 Å². The molecule has 2 rings (SSSR count). The van der Waals surface area contributed by atoms with Crippen LogP contribution in [0.3, 0.4) is 0 Å². The van der Waals surface area contributed by atoms with Crippen molar-refractivity contribution in [2.24, 2.45) is 0 Å². The van der Waals surface area contributed by atoms with Crippen LogP contribution in [0.25, 0.3) is 0 Å². The Hall–Kier alpha value is -2.42. The van der Waals surface area contributed by atoms with Gasteiger partial charge in [-0.15, -0.1) is 0 Å². The highest BCUT2D eigenvalue weighted by Gasteiger charge is 2.33. The molecule has 1 aromatic rings. The summed E-state index contributed by atoms with van der Waals surface area (Å²) in [4.78, 5) is 36.5. The first-order chi connectivity index (χ1) is 12.2. The molecule has 1 aliphatic heterocycles. The Kier molecular flexibility index (Phi) is 6.36. The molecule has 1 aromatic carbocycles. The minimum atomic E-state index is -3.52. The molecule has 3 amide bonds. The second-order valence-corrected chi connectivity index (χ2v) is 8.51. The number of hydrogen-bond acceptors (Lipinski definition) is 5. The molecule has 1 aliphatic rings. The van der Waals surface area contributed by atoms with Gasteiger partial charge in [-0.3, -0.25) is 14.4 Å². The van der Waals surface area contributed by atoms with E-state index in [1.54, 1.807) is 29.2 Å². The topological polar surface area (TPSA) is 113 Å². The molecule has 0 bridgehead atoms. The predicted octanol–water partition coefficient (Wildman–Crippen LogP) is 0.410. The Bertz CT molecular complexity index is 781. The van der Waals surface area contributed by atoms with Gasteiger partial charge in [-0.2, -0.15) is 0 Å². The van der Waals surface area contributed by atoms with Gasteiger partial charge in [0.05, 0.1) is 5.25 Å². The molecule has 142 valence electrons. The summed E-state index contributed by atoms with van der Waals surface area (Å²) in [5.41, 5.74) is 1.08. The first-order valence-electron chi connectivity index (χ1n) is 8.32. The maximum absolute atomic E-state index is 12.5. The van der Waals surface area contributed by atoms with Gasteiger partial charge in [-0.25, -0.2) is 8.42 Å². The summed E-state index contributed by atoms with van der Waals surface area (Å²) in [6.07, 6.45) is 0.629. The first-order valence-corrected chi connectivity index (χ1v) is 10.0. The molecule has 0 aliphatic carbocycles. The van der Waals surface area contributed by atoms with Crippen molar-refractivity contribution in [3.8, 4) is 0 Å². The van der Waals surface area contributed by atoms with E-state index < -0.39 is 26.7 Å². The molecule has 2 N–H and O–H groups in total. The van der Waals surface area contributed by atoms with Crippen LogP contribution in [0.4, 0.5) is 5.69 Å². The van der Waals surface area contributed by atoms with Crippen molar-refractivity contribution in [3.63, 3.8) is 0 Å². The Labute approximate surface area is 152 Å². The fraction of sp³-hybridized carbons (Fsp3) is 0.471. The van der Waals surface area contributed by atoms with Crippen molar-refractivity contribution < 1.29 is 22.8 Å². The number of nitrogens with one attached hydrogen (secondary N) is 2. The van der Waals surface area contributed by atoms with Gasteiger partial charge in [0.15, 0.2) is 9.84 Å². The number of hydrogen-bond donors (Lipinski definition) is 2. The lowest BCUT2D eigenvalue weighted by atomic mass is 10.1. The van der Waals surface area contributed by atoms with Crippen LogP contribution in [-0.4, -0.2) is 62.2 Å². The number of carbonyl (C=O) groups excluding carboxylic acids is 3. The average Bonchev–Trinajstić information content (AvgIpc) is 2.61. The number of nitrogens with zero attached hydrogens (tertiary/aromatic N) is 1. The number of sulfone groups is 1. The van der Waals surface area contributed by atoms with Gasteiger partial charge in [0, 0.05) is 38.3 Å². The van der Waals surface area contributed by atoms with E-state index in [1.807, 2.05) is 0 Å². The van der Waals surface area contributed by atoms with Crippen LogP contribution in [0, 0.1) is 0 Å². The van der Waals surface area contributed by atoms with Crippen LogP contribution in [0.1, 0.15) is 30.1 Å². The molecule has 0 atom stereocenters. The van der Waals surface area contributed by atoms with Crippen molar-refractivity contribution >= 4 is 33.2 Å². The second kappa shape index (κ2) is 8.31. The minimum absolute atomic E-state index is 0.179. The van der Waals surface area contributed by atoms with Crippen LogP contribution in [0.2, 0.25) is 0 Å². The molecule has 0 spiro atoms. The zero-order chi connectivity index (χ0) is 19.3. The number of likely N-dealkylation sites (tertiary alicyclic amines) is 1. The van der Waals surface area contributed by atoms with E-state index in [-0.39, 0.29) is 11.8 Å². The third-order valence-corrected chi connectivity index (χ3v) is 6.45. The lowest BCUT2D eigenvalue weighted by Gasteiger charge is -2.31. The van der Waals surface area contributed by atoms with Crippen LogP contribution in [0.5, 0.6) is 0 Å². The van der Waals surface area contributed by atoms with Gasteiger partial charge in [-0.1, -0.05) is 0 Å². The van der Waals surface area contributed by atoms with E-state index in [2.05, 4.69) is 10.6 Å². The summed E-state index contributed by atoms with van der Waals surface area (Å²) < 4.78 is 24.5. The molecule has 26 heavy (non-hydrogen) atoms. The molecule has 1 fully saturated rings. The molecule has 1 heterocycles. The van der Waals surface area contributed by atoms with Crippen molar-refractivity contribution in [3.05, 3.63) is 29.8 Å². The molecule has 0 unspecified atom stereocenters. The predicted molar refractivity (Wildman–Crippen MR) is 97.5 cm³/mol. The van der Waals surface area contributed by atoms with E-state index in [1.165, 1.54) is 14.0 Å². The standard InChI is InChI=1S/C17H23N3O5S/c1-12(21)19-14-5-3-13(4-6-14)17(23)20-9-7-15(8-10-20)26(24,25)11-16(22)18-2/h3-6,15H,7-11H2,1-2H3,(H,18,22)(H,19,21). The van der Waals surface area contributed by atoms with E-state index >= 15 is 0 Å². The summed E-state index contributed by atoms with van der Waals surface area (Å²) in [5.74, 6) is -1.42. The summed E-state index contributed by atoms with van der Waals surface area (Å²) in [6, 6.07) is 6.55. The SMILES string of the molecule is CNC(=O)CS(=O)(=O)C1CCN(C(=O)c2ccc(NC(C)=O)cc2)CC1. The number of anilines is 1. The van der Waals surface area contributed by atoms with E-state index in [9.17, 15) is 22.8 Å². The second-order valence-electron chi connectivity index (χ2n) is 6.23. The molecule has 0 aromatic heterocycles. The van der Waals surface area contributed by atoms with Crippen molar-refractivity contribution in [2.45, 2.75) is 25.0 Å². The summed E-state index contributed by atoms with van der Waals surface area (Å²) in [5, 5.41) is 4.34. The molecular formula is C17H23N3O5S. The highest BCUT2D eigenvalue weighted by molar-refractivity contribution is 7.92. The smallest absolute Gasteiger partial charge is 0.253 e.